The van der Waals surface area contributed by atoms with E-state index in [1.54, 1.807) is 24.9 Å². The van der Waals surface area contributed by atoms with Crippen molar-refractivity contribution in [3.63, 3.8) is 0 Å². The standard InChI is InChI=1S/C14H19FN2O2S/c1-19-7-2-6-16-14(18)17-12-5-8-20-13-4-3-10(15)9-11(12)13/h3-4,9,12H,2,5-8H2,1H3,(H2,16,17,18)/t12-/m0/s1. The van der Waals surface area contributed by atoms with Gasteiger partial charge in [0, 0.05) is 30.9 Å². The van der Waals surface area contributed by atoms with Gasteiger partial charge in [-0.1, -0.05) is 0 Å². The highest BCUT2D eigenvalue weighted by Crippen LogP contribution is 2.36. The molecule has 4 nitrogen and oxygen atoms in total. The van der Waals surface area contributed by atoms with Crippen molar-refractivity contribution in [2.75, 3.05) is 26.0 Å². The third-order valence-corrected chi connectivity index (χ3v) is 4.25. The summed E-state index contributed by atoms with van der Waals surface area (Å²) in [4.78, 5) is 12.8. The van der Waals surface area contributed by atoms with E-state index in [2.05, 4.69) is 10.6 Å². The molecule has 0 radical (unpaired) electrons. The smallest absolute Gasteiger partial charge is 0.315 e. The third kappa shape index (κ3) is 4.11. The zero-order valence-corrected chi connectivity index (χ0v) is 12.3. The van der Waals surface area contributed by atoms with Crippen LogP contribution in [0.3, 0.4) is 0 Å². The van der Waals surface area contributed by atoms with Crippen LogP contribution in [0, 0.1) is 5.82 Å². The van der Waals surface area contributed by atoms with E-state index in [4.69, 9.17) is 4.74 Å². The van der Waals surface area contributed by atoms with Crippen LogP contribution in [-0.4, -0.2) is 32.0 Å². The Kier molecular flexibility index (Phi) is 5.67. The average Bonchev–Trinajstić information content (AvgIpc) is 2.44. The summed E-state index contributed by atoms with van der Waals surface area (Å²) in [7, 11) is 1.63. The number of amides is 2. The molecule has 0 fully saturated rings. The lowest BCUT2D eigenvalue weighted by Gasteiger charge is -2.26. The first kappa shape index (κ1) is 15.1. The number of carbonyl (C=O) groups excluding carboxylic acids is 1. The molecule has 1 atom stereocenters. The second-order valence-corrected chi connectivity index (χ2v) is 5.76. The Bertz CT molecular complexity index is 470. The van der Waals surface area contributed by atoms with Crippen molar-refractivity contribution >= 4 is 17.8 Å². The minimum atomic E-state index is -0.265. The second kappa shape index (κ2) is 7.50. The van der Waals surface area contributed by atoms with Crippen molar-refractivity contribution in [1.82, 2.24) is 10.6 Å². The molecule has 110 valence electrons. The number of carbonyl (C=O) groups is 1. The number of thioether (sulfide) groups is 1. The fourth-order valence-corrected chi connectivity index (χ4v) is 3.25. The molecule has 0 saturated heterocycles. The molecule has 0 saturated carbocycles. The van der Waals surface area contributed by atoms with E-state index in [9.17, 15) is 9.18 Å². The van der Waals surface area contributed by atoms with Crippen LogP contribution in [0.25, 0.3) is 0 Å². The molecule has 6 heteroatoms. The van der Waals surface area contributed by atoms with Gasteiger partial charge >= 0.3 is 6.03 Å². The molecular formula is C14H19FN2O2S. The van der Waals surface area contributed by atoms with Crippen molar-refractivity contribution in [3.05, 3.63) is 29.6 Å². The zero-order chi connectivity index (χ0) is 14.4. The molecule has 1 aliphatic rings. The number of hydrogen-bond acceptors (Lipinski definition) is 3. The normalized spacial score (nSPS) is 17.4. The number of fused-ring (bicyclic) bond motifs is 1. The molecule has 0 spiro atoms. The van der Waals surface area contributed by atoms with Crippen molar-refractivity contribution in [2.24, 2.45) is 0 Å². The van der Waals surface area contributed by atoms with Gasteiger partial charge in [0.1, 0.15) is 5.82 Å². The Morgan fingerprint density at radius 2 is 2.40 bits per heavy atom. The van der Waals surface area contributed by atoms with Gasteiger partial charge in [0.2, 0.25) is 0 Å². The Morgan fingerprint density at radius 1 is 1.55 bits per heavy atom. The zero-order valence-electron chi connectivity index (χ0n) is 11.4. The van der Waals surface area contributed by atoms with E-state index in [1.165, 1.54) is 12.1 Å². The van der Waals surface area contributed by atoms with Gasteiger partial charge < -0.3 is 15.4 Å². The molecule has 2 N–H and O–H groups in total. The van der Waals surface area contributed by atoms with E-state index in [0.29, 0.717) is 13.2 Å². The maximum atomic E-state index is 13.3. The summed E-state index contributed by atoms with van der Waals surface area (Å²) in [6.45, 7) is 1.19. The second-order valence-electron chi connectivity index (χ2n) is 4.62. The maximum Gasteiger partial charge on any atom is 0.315 e. The van der Waals surface area contributed by atoms with Crippen LogP contribution in [0.4, 0.5) is 9.18 Å². The Morgan fingerprint density at radius 3 is 3.20 bits per heavy atom. The highest BCUT2D eigenvalue weighted by molar-refractivity contribution is 7.99. The van der Waals surface area contributed by atoms with Crippen LogP contribution in [0.1, 0.15) is 24.4 Å². The van der Waals surface area contributed by atoms with Crippen LogP contribution in [0.15, 0.2) is 23.1 Å². The predicted molar refractivity (Wildman–Crippen MR) is 77.5 cm³/mol. The van der Waals surface area contributed by atoms with Gasteiger partial charge in [0.25, 0.3) is 0 Å². The predicted octanol–water partition coefficient (Wildman–Crippen LogP) is 2.70. The van der Waals surface area contributed by atoms with E-state index >= 15 is 0 Å². The van der Waals surface area contributed by atoms with Crippen LogP contribution >= 0.6 is 11.8 Å². The minimum absolute atomic E-state index is 0.121. The number of nitrogens with one attached hydrogen (secondary N) is 2. The van der Waals surface area contributed by atoms with Gasteiger partial charge in [-0.05, 0) is 36.6 Å². The highest BCUT2D eigenvalue weighted by Gasteiger charge is 2.22. The first-order valence-corrected chi connectivity index (χ1v) is 7.65. The lowest BCUT2D eigenvalue weighted by atomic mass is 10.0. The molecule has 2 amide bonds. The molecule has 0 unspecified atom stereocenters. The van der Waals surface area contributed by atoms with Gasteiger partial charge in [-0.25, -0.2) is 9.18 Å². The number of urea groups is 1. The van der Waals surface area contributed by atoms with Crippen molar-refractivity contribution in [3.8, 4) is 0 Å². The van der Waals surface area contributed by atoms with Crippen molar-refractivity contribution in [1.29, 1.82) is 0 Å². The quantitative estimate of drug-likeness (QED) is 0.822. The van der Waals surface area contributed by atoms with Crippen LogP contribution in [-0.2, 0) is 4.74 Å². The number of methoxy groups -OCH3 is 1. The van der Waals surface area contributed by atoms with E-state index in [1.807, 2.05) is 0 Å². The Labute approximate surface area is 122 Å². The first-order chi connectivity index (χ1) is 9.70. The number of hydrogen-bond donors (Lipinski definition) is 2. The number of benzene rings is 1. The van der Waals surface area contributed by atoms with Gasteiger partial charge in [-0.15, -0.1) is 11.8 Å². The topological polar surface area (TPSA) is 50.4 Å². The Hall–Kier alpha value is -1.27. The molecule has 0 aliphatic carbocycles. The van der Waals surface area contributed by atoms with Gasteiger partial charge in [0.15, 0.2) is 0 Å². The molecule has 1 aromatic carbocycles. The van der Waals surface area contributed by atoms with Gasteiger partial charge in [0.05, 0.1) is 6.04 Å². The van der Waals surface area contributed by atoms with Crippen molar-refractivity contribution in [2.45, 2.75) is 23.8 Å². The van der Waals surface area contributed by atoms with Gasteiger partial charge in [-0.2, -0.15) is 0 Å². The lowest BCUT2D eigenvalue weighted by Crippen LogP contribution is -2.39. The molecule has 0 bridgehead atoms. The van der Waals surface area contributed by atoms with Crippen LogP contribution < -0.4 is 10.6 Å². The summed E-state index contributed by atoms with van der Waals surface area (Å²) in [6, 6.07) is 4.41. The van der Waals surface area contributed by atoms with E-state index < -0.39 is 0 Å². The number of halogens is 1. The molecule has 0 aromatic heterocycles. The summed E-state index contributed by atoms with van der Waals surface area (Å²) < 4.78 is 18.3. The van der Waals surface area contributed by atoms with E-state index in [-0.39, 0.29) is 17.9 Å². The fraction of sp³-hybridized carbons (Fsp3) is 0.500. The SMILES string of the molecule is COCCCNC(=O)N[C@H]1CCSc2ccc(F)cc21. The first-order valence-electron chi connectivity index (χ1n) is 6.66. The third-order valence-electron chi connectivity index (χ3n) is 3.13. The fourth-order valence-electron chi connectivity index (χ4n) is 2.14. The Balaban J connectivity index is 1.91. The maximum absolute atomic E-state index is 13.3. The lowest BCUT2D eigenvalue weighted by molar-refractivity contribution is 0.193. The van der Waals surface area contributed by atoms with Crippen molar-refractivity contribution < 1.29 is 13.9 Å². The number of ether oxygens (including phenoxy) is 1. The van der Waals surface area contributed by atoms with E-state index in [0.717, 1.165) is 29.1 Å². The average molecular weight is 298 g/mol. The minimum Gasteiger partial charge on any atom is -0.385 e. The number of rotatable bonds is 5. The summed E-state index contributed by atoms with van der Waals surface area (Å²) in [5.74, 6) is 0.659. The molecule has 20 heavy (non-hydrogen) atoms. The van der Waals surface area contributed by atoms with Crippen LogP contribution in [0.2, 0.25) is 0 Å². The molecule has 2 rings (SSSR count). The monoisotopic (exact) mass is 298 g/mol. The summed E-state index contributed by atoms with van der Waals surface area (Å²) >= 11 is 1.70. The molecular weight excluding hydrogens is 279 g/mol. The molecule has 1 heterocycles. The largest absolute Gasteiger partial charge is 0.385 e. The summed E-state index contributed by atoms with van der Waals surface area (Å²) in [6.07, 6.45) is 1.59. The molecule has 1 aliphatic heterocycles. The molecule has 1 aromatic rings. The highest BCUT2D eigenvalue weighted by atomic mass is 32.2. The van der Waals surface area contributed by atoms with Crippen LogP contribution in [0.5, 0.6) is 0 Å². The summed E-state index contributed by atoms with van der Waals surface area (Å²) in [5.41, 5.74) is 0.869. The summed E-state index contributed by atoms with van der Waals surface area (Å²) in [5, 5.41) is 5.69. The van der Waals surface area contributed by atoms with Gasteiger partial charge in [-0.3, -0.25) is 0 Å².